The van der Waals surface area contributed by atoms with Gasteiger partial charge < -0.3 is 4.90 Å². The minimum Gasteiger partial charge on any atom is -0.351 e. The van der Waals surface area contributed by atoms with Crippen molar-refractivity contribution < 1.29 is 0 Å². The summed E-state index contributed by atoms with van der Waals surface area (Å²) in [7, 11) is 0. The first-order valence-electron chi connectivity index (χ1n) is 5.78. The lowest BCUT2D eigenvalue weighted by Crippen LogP contribution is -2.31. The summed E-state index contributed by atoms with van der Waals surface area (Å²) in [5.41, 5.74) is 0. The van der Waals surface area contributed by atoms with E-state index in [-0.39, 0.29) is 0 Å². The van der Waals surface area contributed by atoms with Crippen LogP contribution in [0.15, 0.2) is 28.8 Å². The molecule has 2 heterocycles. The van der Waals surface area contributed by atoms with Crippen molar-refractivity contribution in [3.05, 3.63) is 23.8 Å². The van der Waals surface area contributed by atoms with Crippen LogP contribution in [0.5, 0.6) is 0 Å². The molecule has 0 aliphatic carbocycles. The fourth-order valence-corrected chi connectivity index (χ4v) is 2.67. The monoisotopic (exact) mass is 222 g/mol. The summed E-state index contributed by atoms with van der Waals surface area (Å²) in [6, 6.07) is 0. The molecule has 0 N–H and O–H groups in total. The SMILES string of the molecule is C1=CN=C(N2CCCCCCC2)SC=C1. The van der Waals surface area contributed by atoms with E-state index in [1.807, 2.05) is 18.4 Å². The van der Waals surface area contributed by atoms with Gasteiger partial charge in [-0.15, -0.1) is 0 Å². The fourth-order valence-electron chi connectivity index (χ4n) is 1.93. The van der Waals surface area contributed by atoms with Crippen LogP contribution in [0.2, 0.25) is 0 Å². The van der Waals surface area contributed by atoms with Gasteiger partial charge in [0.2, 0.25) is 0 Å². The molecule has 2 aliphatic rings. The van der Waals surface area contributed by atoms with Crippen molar-refractivity contribution in [1.29, 1.82) is 0 Å². The Morgan fingerprint density at radius 1 is 1.00 bits per heavy atom. The van der Waals surface area contributed by atoms with Crippen LogP contribution in [0.25, 0.3) is 0 Å². The number of aliphatic imine (C=N–C) groups is 1. The summed E-state index contributed by atoms with van der Waals surface area (Å²) in [4.78, 5) is 6.92. The van der Waals surface area contributed by atoms with Gasteiger partial charge in [0.15, 0.2) is 5.17 Å². The maximum atomic E-state index is 4.48. The normalized spacial score (nSPS) is 22.9. The van der Waals surface area contributed by atoms with Crippen LogP contribution in [0.1, 0.15) is 32.1 Å². The van der Waals surface area contributed by atoms with E-state index < -0.39 is 0 Å². The van der Waals surface area contributed by atoms with E-state index in [2.05, 4.69) is 15.3 Å². The molecule has 0 unspecified atom stereocenters. The van der Waals surface area contributed by atoms with Crippen molar-refractivity contribution in [2.75, 3.05) is 13.1 Å². The summed E-state index contributed by atoms with van der Waals surface area (Å²) in [6.07, 6.45) is 12.7. The average Bonchev–Trinajstić information content (AvgIpc) is 2.45. The van der Waals surface area contributed by atoms with Gasteiger partial charge in [-0.2, -0.15) is 0 Å². The Labute approximate surface area is 96.1 Å². The number of likely N-dealkylation sites (tertiary alicyclic amines) is 1. The zero-order valence-corrected chi connectivity index (χ0v) is 9.88. The Kier molecular flexibility index (Phi) is 4.33. The van der Waals surface area contributed by atoms with Crippen molar-refractivity contribution in [2.24, 2.45) is 4.99 Å². The molecule has 0 saturated carbocycles. The van der Waals surface area contributed by atoms with E-state index in [4.69, 9.17) is 0 Å². The lowest BCUT2D eigenvalue weighted by atomic mass is 10.1. The minimum absolute atomic E-state index is 1.17. The van der Waals surface area contributed by atoms with Crippen molar-refractivity contribution in [3.63, 3.8) is 0 Å². The molecule has 2 nitrogen and oxygen atoms in total. The van der Waals surface area contributed by atoms with Gasteiger partial charge in [-0.1, -0.05) is 37.1 Å². The Morgan fingerprint density at radius 2 is 1.73 bits per heavy atom. The van der Waals surface area contributed by atoms with Gasteiger partial charge >= 0.3 is 0 Å². The molecule has 82 valence electrons. The van der Waals surface area contributed by atoms with E-state index in [0.29, 0.717) is 0 Å². The molecule has 0 aromatic rings. The number of nitrogens with zero attached hydrogens (tertiary/aromatic N) is 2. The van der Waals surface area contributed by atoms with Gasteiger partial charge in [-0.3, -0.25) is 0 Å². The van der Waals surface area contributed by atoms with E-state index in [1.165, 1.54) is 50.4 Å². The van der Waals surface area contributed by atoms with Crippen molar-refractivity contribution >= 4 is 16.9 Å². The second-order valence-corrected chi connectivity index (χ2v) is 4.83. The highest BCUT2D eigenvalue weighted by atomic mass is 32.2. The van der Waals surface area contributed by atoms with Gasteiger partial charge in [0.25, 0.3) is 0 Å². The smallest absolute Gasteiger partial charge is 0.168 e. The molecule has 1 saturated heterocycles. The molecule has 0 spiro atoms. The summed E-state index contributed by atoms with van der Waals surface area (Å²) < 4.78 is 0. The summed E-state index contributed by atoms with van der Waals surface area (Å²) in [5, 5.41) is 3.28. The third kappa shape index (κ3) is 3.42. The number of amidine groups is 1. The molecule has 0 atom stereocenters. The summed E-state index contributed by atoms with van der Waals surface area (Å²) in [5.74, 6) is 0. The molecule has 0 amide bonds. The molecule has 1 fully saturated rings. The van der Waals surface area contributed by atoms with Crippen LogP contribution in [0, 0.1) is 0 Å². The predicted molar refractivity (Wildman–Crippen MR) is 68.0 cm³/mol. The van der Waals surface area contributed by atoms with Crippen molar-refractivity contribution in [3.8, 4) is 0 Å². The largest absolute Gasteiger partial charge is 0.351 e. The van der Waals surface area contributed by atoms with Gasteiger partial charge in [-0.25, -0.2) is 4.99 Å². The van der Waals surface area contributed by atoms with Crippen molar-refractivity contribution in [1.82, 2.24) is 4.90 Å². The highest BCUT2D eigenvalue weighted by Gasteiger charge is 2.12. The van der Waals surface area contributed by atoms with Crippen molar-refractivity contribution in [2.45, 2.75) is 32.1 Å². The van der Waals surface area contributed by atoms with Crippen LogP contribution < -0.4 is 0 Å². The quantitative estimate of drug-likeness (QED) is 0.624. The molecule has 0 radical (unpaired) electrons. The zero-order valence-electron chi connectivity index (χ0n) is 9.06. The van der Waals surface area contributed by atoms with Crippen LogP contribution in [0.3, 0.4) is 0 Å². The zero-order chi connectivity index (χ0) is 10.3. The third-order valence-corrected chi connectivity index (χ3v) is 3.63. The van der Waals surface area contributed by atoms with Gasteiger partial charge in [0.05, 0.1) is 0 Å². The maximum Gasteiger partial charge on any atom is 0.168 e. The second kappa shape index (κ2) is 6.01. The molecular weight excluding hydrogens is 204 g/mol. The predicted octanol–water partition coefficient (Wildman–Crippen LogP) is 3.38. The molecular formula is C12H18N2S. The van der Waals surface area contributed by atoms with E-state index >= 15 is 0 Å². The average molecular weight is 222 g/mol. The first kappa shape index (κ1) is 10.8. The van der Waals surface area contributed by atoms with Gasteiger partial charge in [-0.05, 0) is 24.3 Å². The molecule has 2 aliphatic heterocycles. The number of hydrogen-bond acceptors (Lipinski definition) is 3. The first-order valence-corrected chi connectivity index (χ1v) is 6.66. The number of rotatable bonds is 0. The van der Waals surface area contributed by atoms with E-state index in [1.54, 1.807) is 11.8 Å². The van der Waals surface area contributed by atoms with Gasteiger partial charge in [0.1, 0.15) is 0 Å². The second-order valence-electron chi connectivity index (χ2n) is 3.95. The topological polar surface area (TPSA) is 15.6 Å². The highest BCUT2D eigenvalue weighted by Crippen LogP contribution is 2.18. The van der Waals surface area contributed by atoms with Crippen LogP contribution in [-0.2, 0) is 0 Å². The van der Waals surface area contributed by atoms with E-state index in [0.717, 1.165) is 0 Å². The van der Waals surface area contributed by atoms with Gasteiger partial charge in [0, 0.05) is 19.3 Å². The van der Waals surface area contributed by atoms with Crippen LogP contribution in [0.4, 0.5) is 0 Å². The molecule has 15 heavy (non-hydrogen) atoms. The number of thioether (sulfide) groups is 1. The van der Waals surface area contributed by atoms with Crippen LogP contribution in [-0.4, -0.2) is 23.2 Å². The Morgan fingerprint density at radius 3 is 2.53 bits per heavy atom. The molecule has 0 aromatic carbocycles. The number of allylic oxidation sites excluding steroid dienone is 2. The van der Waals surface area contributed by atoms with Crippen LogP contribution >= 0.6 is 11.8 Å². The number of hydrogen-bond donors (Lipinski definition) is 0. The summed E-state index contributed by atoms with van der Waals surface area (Å²) >= 11 is 1.74. The molecule has 0 aromatic heterocycles. The lowest BCUT2D eigenvalue weighted by molar-refractivity contribution is 0.367. The Balaban J connectivity index is 1.97. The lowest BCUT2D eigenvalue weighted by Gasteiger charge is -2.26. The molecule has 2 rings (SSSR count). The Bertz CT molecular complexity index is 273. The standard InChI is InChI=1S/C12H18N2S/c1-2-5-9-14(10-6-3-1)12-13-8-4-7-11-15-12/h4,7-8,11H,1-3,5-6,9-10H2. The molecule has 0 bridgehead atoms. The Hall–Kier alpha value is -0.700. The summed E-state index contributed by atoms with van der Waals surface area (Å²) in [6.45, 7) is 2.35. The fraction of sp³-hybridized carbons (Fsp3) is 0.583. The maximum absolute atomic E-state index is 4.48. The third-order valence-electron chi connectivity index (χ3n) is 2.76. The molecule has 3 heteroatoms. The minimum atomic E-state index is 1.17. The van der Waals surface area contributed by atoms with E-state index in [9.17, 15) is 0 Å². The first-order chi connectivity index (χ1) is 7.47. The highest BCUT2D eigenvalue weighted by molar-refractivity contribution is 8.16.